The molecule has 0 fully saturated rings. The summed E-state index contributed by atoms with van der Waals surface area (Å²) in [5, 5.41) is 0. The fourth-order valence-corrected chi connectivity index (χ4v) is 18.4. The van der Waals surface area contributed by atoms with Gasteiger partial charge < -0.3 is 0 Å². The van der Waals surface area contributed by atoms with Crippen LogP contribution < -0.4 is 26.4 Å². The second-order valence-electron chi connectivity index (χ2n) is 9.44. The number of halogens is 4. The first-order chi connectivity index (χ1) is 21.0. The van der Waals surface area contributed by atoms with Crippen molar-refractivity contribution in [2.75, 3.05) is 0 Å². The summed E-state index contributed by atoms with van der Waals surface area (Å²) in [6.45, 7) is -1.46. The fraction of sp³-hybridized carbons (Fsp3) is 0.0270. The summed E-state index contributed by atoms with van der Waals surface area (Å²) < 4.78 is 8.31. The van der Waals surface area contributed by atoms with E-state index in [0.717, 1.165) is 0 Å². The third-order valence-corrected chi connectivity index (χ3v) is 22.9. The molecule has 0 atom stereocenters. The van der Waals surface area contributed by atoms with Crippen LogP contribution in [0.3, 0.4) is 0 Å². The van der Waals surface area contributed by atoms with Gasteiger partial charge in [0.05, 0.1) is 0 Å². The van der Waals surface area contributed by atoms with E-state index >= 15 is 0 Å². The van der Waals surface area contributed by atoms with Gasteiger partial charge in [0.15, 0.2) is 0 Å². The third-order valence-electron chi connectivity index (χ3n) is 6.70. The molecule has 0 spiro atoms. The normalized spacial score (nSPS) is 10.5. The average molecular weight is 794 g/mol. The average Bonchev–Trinajstić information content (AvgIpc) is 3.07. The van der Waals surface area contributed by atoms with E-state index in [1.165, 1.54) is 26.4 Å². The van der Waals surface area contributed by atoms with Crippen LogP contribution in [0.4, 0.5) is 0 Å². The number of benzene rings is 6. The van der Waals surface area contributed by atoms with E-state index in [-0.39, 0.29) is 7.43 Å². The van der Waals surface area contributed by atoms with Gasteiger partial charge in [0.1, 0.15) is 0 Å². The molecule has 0 heterocycles. The van der Waals surface area contributed by atoms with Crippen LogP contribution in [-0.4, -0.2) is 33.4 Å². The Morgan fingerprint density at radius 3 is 0.750 bits per heavy atom. The van der Waals surface area contributed by atoms with Crippen molar-refractivity contribution in [3.05, 3.63) is 182 Å². The van der Waals surface area contributed by atoms with E-state index < -0.39 is 33.4 Å². The van der Waals surface area contributed by atoms with Crippen LogP contribution >= 0.6 is 43.2 Å². The van der Waals surface area contributed by atoms with E-state index in [2.05, 4.69) is 164 Å². The van der Waals surface area contributed by atoms with Gasteiger partial charge in [0.2, 0.25) is 0 Å². The molecule has 2 radical (unpaired) electrons. The Hall–Kier alpha value is -2.22. The summed E-state index contributed by atoms with van der Waals surface area (Å²) in [6.07, 6.45) is 0. The summed E-state index contributed by atoms with van der Waals surface area (Å²) in [7, 11) is 7.30. The minimum absolute atomic E-state index is 0. The molecule has 0 saturated heterocycles. The molecule has 222 valence electrons. The van der Waals surface area contributed by atoms with Crippen LogP contribution in [0.5, 0.6) is 0 Å². The van der Waals surface area contributed by atoms with Gasteiger partial charge in [-0.15, -0.1) is 33.2 Å². The van der Waals surface area contributed by atoms with Crippen molar-refractivity contribution >= 4 is 103 Å². The molecule has 0 unspecified atom stereocenters. The summed E-state index contributed by atoms with van der Waals surface area (Å²) in [5.74, 6) is 0. The maximum absolute atomic E-state index is 7.30. The Labute approximate surface area is 290 Å². The molecule has 0 bridgehead atoms. The standard InChI is InChI=1S/C18H15ClGe.C18H15Ge.CH4.Cl3Si/c19-20(16-10-4-1-5-11-16,17-12-6-2-7-13-17)18-14-8-3-9-15-18;1-4-10-16(11-5-1)19(17-12-6-2-7-13-17)18-14-8-3-9-15-18;;1-4(2)3/h1-15H;1-15H;1H4;. The Kier molecular flexibility index (Phi) is 15.9. The van der Waals surface area contributed by atoms with Crippen LogP contribution in [0.25, 0.3) is 0 Å². The molecular weight excluding hydrogens is 760 g/mol. The van der Waals surface area contributed by atoms with Crippen LogP contribution in [0, 0.1) is 0 Å². The molecule has 6 rings (SSSR count). The number of rotatable bonds is 6. The van der Waals surface area contributed by atoms with E-state index in [1.54, 1.807) is 0 Å². The zero-order valence-corrected chi connectivity index (χ0v) is 31.6. The fourth-order valence-electron chi connectivity index (χ4n) is 4.82. The number of hydrogen-bond acceptors (Lipinski definition) is 0. The van der Waals surface area contributed by atoms with Crippen molar-refractivity contribution < 1.29 is 0 Å². The molecule has 6 aromatic carbocycles. The second kappa shape index (κ2) is 19.3. The first kappa shape index (κ1) is 36.3. The van der Waals surface area contributed by atoms with Gasteiger partial charge in [0.25, 0.3) is 0 Å². The molecule has 0 saturated carbocycles. The molecule has 0 aliphatic carbocycles. The van der Waals surface area contributed by atoms with E-state index in [4.69, 9.17) is 43.2 Å². The van der Waals surface area contributed by atoms with Gasteiger partial charge in [-0.1, -0.05) is 7.43 Å². The van der Waals surface area contributed by atoms with Gasteiger partial charge >= 0.3 is 252 Å². The van der Waals surface area contributed by atoms with Crippen molar-refractivity contribution in [2.24, 2.45) is 0 Å². The molecule has 0 aliphatic heterocycles. The maximum atomic E-state index is 7.30. The summed E-state index contributed by atoms with van der Waals surface area (Å²) in [5.41, 5.74) is 0. The van der Waals surface area contributed by atoms with E-state index in [9.17, 15) is 0 Å². The zero-order chi connectivity index (χ0) is 30.3. The van der Waals surface area contributed by atoms with Crippen LogP contribution in [-0.2, 0) is 0 Å². The summed E-state index contributed by atoms with van der Waals surface area (Å²) in [6, 6.07) is 64.3. The monoisotopic (exact) mass is 794 g/mol. The molecule has 0 aliphatic rings. The molecule has 6 aromatic rings. The quantitative estimate of drug-likeness (QED) is 0.122. The third kappa shape index (κ3) is 10.4. The van der Waals surface area contributed by atoms with Gasteiger partial charge in [-0.3, -0.25) is 0 Å². The van der Waals surface area contributed by atoms with E-state index in [1.807, 2.05) is 18.2 Å². The SMILES string of the molecule is C.Cl[Si](Cl)Cl.[Cl][Ge]([c]1ccccc1)([c]1ccccc1)[c]1ccccc1.c1cc[c]([Ge]([c]2ccccc2)[c]2ccccc2)cc1. The first-order valence-electron chi connectivity index (χ1n) is 13.7. The number of hydrogen-bond donors (Lipinski definition) is 0. The Bertz CT molecular complexity index is 1400. The van der Waals surface area contributed by atoms with Crippen LogP contribution in [0.15, 0.2) is 182 Å². The molecule has 0 aromatic heterocycles. The Morgan fingerprint density at radius 2 is 0.545 bits per heavy atom. The van der Waals surface area contributed by atoms with Crippen molar-refractivity contribution in [1.82, 2.24) is 0 Å². The van der Waals surface area contributed by atoms with Gasteiger partial charge in [-0.05, 0) is 0 Å². The topological polar surface area (TPSA) is 0 Å². The molecule has 0 N–H and O–H groups in total. The molecular formula is C37H34Cl4Ge2Si. The van der Waals surface area contributed by atoms with E-state index in [0.29, 0.717) is 0 Å². The van der Waals surface area contributed by atoms with Crippen LogP contribution in [0.1, 0.15) is 7.43 Å². The summed E-state index contributed by atoms with van der Waals surface area (Å²) >= 11 is 10.1. The molecule has 7 heteroatoms. The molecule has 44 heavy (non-hydrogen) atoms. The van der Waals surface area contributed by atoms with Crippen molar-refractivity contribution in [3.8, 4) is 0 Å². The molecule has 0 amide bonds. The first-order valence-corrected chi connectivity index (χ1v) is 27.3. The second-order valence-corrected chi connectivity index (χ2v) is 29.6. The zero-order valence-electron chi connectivity index (χ0n) is 23.3. The van der Waals surface area contributed by atoms with Crippen molar-refractivity contribution in [3.63, 3.8) is 0 Å². The minimum atomic E-state index is -3.02. The predicted octanol–water partition coefficient (Wildman–Crippen LogP) is 7.42. The predicted molar refractivity (Wildman–Crippen MR) is 204 cm³/mol. The Balaban J connectivity index is 0.000000211. The van der Waals surface area contributed by atoms with Gasteiger partial charge in [-0.2, -0.15) is 0 Å². The van der Waals surface area contributed by atoms with Crippen LogP contribution in [0.2, 0.25) is 0 Å². The Morgan fingerprint density at radius 1 is 0.364 bits per heavy atom. The molecule has 0 nitrogen and oxygen atoms in total. The van der Waals surface area contributed by atoms with Crippen molar-refractivity contribution in [2.45, 2.75) is 7.43 Å². The van der Waals surface area contributed by atoms with Gasteiger partial charge in [0, 0.05) is 0 Å². The summed E-state index contributed by atoms with van der Waals surface area (Å²) in [4.78, 5) is 0. The van der Waals surface area contributed by atoms with Crippen molar-refractivity contribution in [1.29, 1.82) is 0 Å². The van der Waals surface area contributed by atoms with Gasteiger partial charge in [-0.25, -0.2) is 0 Å².